The Morgan fingerprint density at radius 1 is 1.19 bits per heavy atom. The number of H-pyrrole nitrogens is 1. The van der Waals surface area contributed by atoms with E-state index in [-0.39, 0.29) is 11.6 Å². The van der Waals surface area contributed by atoms with Crippen molar-refractivity contribution in [2.24, 2.45) is 0 Å². The van der Waals surface area contributed by atoms with Crippen LogP contribution in [-0.4, -0.2) is 25.6 Å². The zero-order chi connectivity index (χ0) is 18.5. The third-order valence-electron chi connectivity index (χ3n) is 5.09. The summed E-state index contributed by atoms with van der Waals surface area (Å²) in [5, 5.41) is 12.0. The summed E-state index contributed by atoms with van der Waals surface area (Å²) in [6.45, 7) is 1.54. The molecule has 27 heavy (non-hydrogen) atoms. The molecule has 4 aromatic rings. The number of nitrogens with zero attached hydrogens (tertiary/aromatic N) is 3. The molecular weight excluding hydrogens is 343 g/mol. The number of benzene rings is 1. The zero-order valence-electron chi connectivity index (χ0n) is 14.7. The summed E-state index contributed by atoms with van der Waals surface area (Å²) in [5.41, 5.74) is 6.11. The molecule has 1 N–H and O–H groups in total. The van der Waals surface area contributed by atoms with Gasteiger partial charge in [0.2, 0.25) is 0 Å². The fraction of sp³-hybridized carbons (Fsp3) is 0.190. The van der Waals surface area contributed by atoms with Crippen LogP contribution >= 0.6 is 0 Å². The lowest BCUT2D eigenvalue weighted by atomic mass is 9.97. The number of rotatable bonds is 4. The Morgan fingerprint density at radius 2 is 1.96 bits per heavy atom. The van der Waals surface area contributed by atoms with Crippen LogP contribution in [0.4, 0.5) is 4.39 Å². The Balaban J connectivity index is 1.73. The minimum Gasteiger partial charge on any atom is -0.294 e. The SMILES string of the molecule is CC(=O)c1cnn2ccc(-c3c(-c4ccc(F)cc4)n[nH]c3C3CC3)cc12. The van der Waals surface area contributed by atoms with E-state index in [0.717, 1.165) is 46.4 Å². The highest BCUT2D eigenvalue weighted by molar-refractivity contribution is 6.01. The van der Waals surface area contributed by atoms with Crippen molar-refractivity contribution in [1.82, 2.24) is 19.8 Å². The van der Waals surface area contributed by atoms with Gasteiger partial charge < -0.3 is 0 Å². The minimum atomic E-state index is -0.273. The van der Waals surface area contributed by atoms with Gasteiger partial charge in [0, 0.05) is 28.9 Å². The van der Waals surface area contributed by atoms with Crippen molar-refractivity contribution in [1.29, 1.82) is 0 Å². The molecule has 0 aliphatic heterocycles. The van der Waals surface area contributed by atoms with Gasteiger partial charge in [-0.2, -0.15) is 10.2 Å². The highest BCUT2D eigenvalue weighted by atomic mass is 19.1. The lowest BCUT2D eigenvalue weighted by molar-refractivity contribution is 0.101. The number of Topliss-reactive ketones (excluding diaryl/α,β-unsaturated/α-hetero) is 1. The van der Waals surface area contributed by atoms with E-state index >= 15 is 0 Å². The van der Waals surface area contributed by atoms with Crippen molar-refractivity contribution in [3.05, 3.63) is 65.9 Å². The van der Waals surface area contributed by atoms with Crippen molar-refractivity contribution in [2.75, 3.05) is 0 Å². The molecule has 0 amide bonds. The van der Waals surface area contributed by atoms with Crippen LogP contribution in [0.1, 0.15) is 41.7 Å². The Labute approximate surface area is 154 Å². The maximum absolute atomic E-state index is 13.4. The molecule has 1 saturated carbocycles. The average Bonchev–Trinajstić information content (AvgIpc) is 3.27. The molecule has 5 nitrogen and oxygen atoms in total. The van der Waals surface area contributed by atoms with E-state index in [1.807, 2.05) is 18.3 Å². The summed E-state index contributed by atoms with van der Waals surface area (Å²) < 4.78 is 15.1. The van der Waals surface area contributed by atoms with Crippen molar-refractivity contribution < 1.29 is 9.18 Å². The third kappa shape index (κ3) is 2.65. The van der Waals surface area contributed by atoms with Crippen molar-refractivity contribution in [3.8, 4) is 22.4 Å². The number of pyridine rings is 1. The van der Waals surface area contributed by atoms with Gasteiger partial charge in [0.15, 0.2) is 5.78 Å². The quantitative estimate of drug-likeness (QED) is 0.541. The van der Waals surface area contributed by atoms with Crippen molar-refractivity contribution in [2.45, 2.75) is 25.7 Å². The maximum atomic E-state index is 13.4. The van der Waals surface area contributed by atoms with E-state index in [2.05, 4.69) is 15.3 Å². The van der Waals surface area contributed by atoms with Gasteiger partial charge in [-0.25, -0.2) is 8.91 Å². The first-order valence-electron chi connectivity index (χ1n) is 8.94. The first-order valence-corrected chi connectivity index (χ1v) is 8.94. The molecule has 3 heterocycles. The molecule has 5 rings (SSSR count). The summed E-state index contributed by atoms with van der Waals surface area (Å²) in [7, 11) is 0. The van der Waals surface area contributed by atoms with Gasteiger partial charge in [0.25, 0.3) is 0 Å². The summed E-state index contributed by atoms with van der Waals surface area (Å²) in [6, 6.07) is 10.3. The number of fused-ring (bicyclic) bond motifs is 1. The molecule has 1 aromatic carbocycles. The molecule has 0 bridgehead atoms. The van der Waals surface area contributed by atoms with E-state index in [0.29, 0.717) is 11.5 Å². The third-order valence-corrected chi connectivity index (χ3v) is 5.09. The molecule has 0 saturated heterocycles. The number of carbonyl (C=O) groups excluding carboxylic acids is 1. The van der Waals surface area contributed by atoms with Gasteiger partial charge in [-0.05, 0) is 61.7 Å². The van der Waals surface area contributed by atoms with E-state index in [1.165, 1.54) is 12.1 Å². The van der Waals surface area contributed by atoms with Crippen molar-refractivity contribution in [3.63, 3.8) is 0 Å². The first kappa shape index (κ1) is 15.9. The number of aromatic nitrogens is 4. The number of hydrogen-bond acceptors (Lipinski definition) is 3. The van der Waals surface area contributed by atoms with Gasteiger partial charge in [-0.3, -0.25) is 9.89 Å². The van der Waals surface area contributed by atoms with Crippen LogP contribution in [-0.2, 0) is 0 Å². The van der Waals surface area contributed by atoms with Gasteiger partial charge in [-0.15, -0.1) is 0 Å². The number of hydrogen-bond donors (Lipinski definition) is 1. The second kappa shape index (κ2) is 5.87. The van der Waals surface area contributed by atoms with E-state index < -0.39 is 0 Å². The Morgan fingerprint density at radius 3 is 2.67 bits per heavy atom. The van der Waals surface area contributed by atoms with Crippen LogP contribution in [0.5, 0.6) is 0 Å². The Hall–Kier alpha value is -3.28. The van der Waals surface area contributed by atoms with Gasteiger partial charge >= 0.3 is 0 Å². The molecular formula is C21H17FN4O. The second-order valence-corrected chi connectivity index (χ2v) is 7.00. The van der Waals surface area contributed by atoms with Crippen LogP contribution in [0.2, 0.25) is 0 Å². The average molecular weight is 360 g/mol. The zero-order valence-corrected chi connectivity index (χ0v) is 14.7. The summed E-state index contributed by atoms with van der Waals surface area (Å²) in [6.07, 6.45) is 5.71. The Bertz CT molecular complexity index is 1170. The molecule has 1 fully saturated rings. The highest BCUT2D eigenvalue weighted by Crippen LogP contribution is 2.46. The normalized spacial score (nSPS) is 14.0. The van der Waals surface area contributed by atoms with E-state index in [9.17, 15) is 9.18 Å². The molecule has 0 spiro atoms. The minimum absolute atomic E-state index is 0.0180. The molecule has 6 heteroatoms. The summed E-state index contributed by atoms with van der Waals surface area (Å²) in [4.78, 5) is 11.9. The summed E-state index contributed by atoms with van der Waals surface area (Å²) >= 11 is 0. The van der Waals surface area contributed by atoms with Crippen LogP contribution < -0.4 is 0 Å². The highest BCUT2D eigenvalue weighted by Gasteiger charge is 2.31. The molecule has 1 aliphatic carbocycles. The summed E-state index contributed by atoms with van der Waals surface area (Å²) in [5.74, 6) is 0.177. The Kier molecular flexibility index (Phi) is 3.47. The standard InChI is InChI=1S/C21H17FN4O/c1-12(27)17-11-23-26-9-8-15(10-18(17)26)19-20(13-2-3-13)24-25-21(19)14-4-6-16(22)7-5-14/h4-11,13H,2-3H2,1H3,(H,24,25). The number of aromatic amines is 1. The number of nitrogens with one attached hydrogen (secondary N) is 1. The van der Waals surface area contributed by atoms with E-state index in [1.54, 1.807) is 29.8 Å². The number of carbonyl (C=O) groups is 1. The molecule has 0 atom stereocenters. The smallest absolute Gasteiger partial charge is 0.163 e. The van der Waals surface area contributed by atoms with E-state index in [4.69, 9.17) is 0 Å². The topological polar surface area (TPSA) is 63.1 Å². The molecule has 134 valence electrons. The largest absolute Gasteiger partial charge is 0.294 e. The fourth-order valence-electron chi connectivity index (χ4n) is 3.54. The van der Waals surface area contributed by atoms with Gasteiger partial charge in [-0.1, -0.05) is 0 Å². The van der Waals surface area contributed by atoms with Crippen LogP contribution in [0.3, 0.4) is 0 Å². The number of halogens is 1. The lowest BCUT2D eigenvalue weighted by Crippen LogP contribution is -1.94. The monoisotopic (exact) mass is 360 g/mol. The molecule has 0 radical (unpaired) electrons. The second-order valence-electron chi connectivity index (χ2n) is 7.00. The predicted octanol–water partition coefficient (Wildman–Crippen LogP) is 4.61. The van der Waals surface area contributed by atoms with Crippen molar-refractivity contribution >= 4 is 11.3 Å². The molecule has 1 aliphatic rings. The predicted molar refractivity (Wildman–Crippen MR) is 100 cm³/mol. The van der Waals surface area contributed by atoms with Crippen LogP contribution in [0.25, 0.3) is 27.9 Å². The van der Waals surface area contributed by atoms with Crippen LogP contribution in [0, 0.1) is 5.82 Å². The number of ketones is 1. The molecule has 3 aromatic heterocycles. The fourth-order valence-corrected chi connectivity index (χ4v) is 3.54. The lowest BCUT2D eigenvalue weighted by Gasteiger charge is -2.08. The maximum Gasteiger partial charge on any atom is 0.163 e. The van der Waals surface area contributed by atoms with Crippen LogP contribution in [0.15, 0.2) is 48.8 Å². The molecule has 0 unspecified atom stereocenters. The first-order chi connectivity index (χ1) is 13.1. The van der Waals surface area contributed by atoms with Gasteiger partial charge in [0.05, 0.1) is 17.3 Å². The van der Waals surface area contributed by atoms with Gasteiger partial charge in [0.1, 0.15) is 11.5 Å².